The van der Waals surface area contributed by atoms with Gasteiger partial charge in [-0.3, -0.25) is 4.79 Å². The molecule has 0 atom stereocenters. The third-order valence-corrected chi connectivity index (χ3v) is 6.00. The van der Waals surface area contributed by atoms with Gasteiger partial charge in [-0.05, 0) is 74.0 Å². The third kappa shape index (κ3) is 3.22. The lowest BCUT2D eigenvalue weighted by molar-refractivity contribution is -0.187. The van der Waals surface area contributed by atoms with Crippen molar-refractivity contribution in [3.05, 3.63) is 36.4 Å². The molecule has 5 rings (SSSR count). The van der Waals surface area contributed by atoms with Gasteiger partial charge in [-0.1, -0.05) is 24.8 Å². The summed E-state index contributed by atoms with van der Waals surface area (Å²) in [5.74, 6) is 3.07. The molecule has 4 aliphatic rings. The number of esters is 1. The molecule has 0 unspecified atom stereocenters. The molecular formula is C21H26O3. The molecule has 0 heterocycles. The summed E-state index contributed by atoms with van der Waals surface area (Å²) < 4.78 is 11.7. The molecule has 0 aromatic heterocycles. The summed E-state index contributed by atoms with van der Waals surface area (Å²) in [5, 5.41) is 0. The monoisotopic (exact) mass is 326 g/mol. The van der Waals surface area contributed by atoms with Crippen LogP contribution in [-0.2, 0) is 9.53 Å². The van der Waals surface area contributed by atoms with E-state index in [0.717, 1.165) is 48.3 Å². The Morgan fingerprint density at radius 1 is 1.08 bits per heavy atom. The fourth-order valence-corrected chi connectivity index (χ4v) is 5.40. The first-order valence-corrected chi connectivity index (χ1v) is 9.21. The summed E-state index contributed by atoms with van der Waals surface area (Å²) >= 11 is 0. The maximum atomic E-state index is 12.3. The molecule has 3 heteroatoms. The van der Waals surface area contributed by atoms with Crippen molar-refractivity contribution in [2.24, 2.45) is 17.8 Å². The lowest BCUT2D eigenvalue weighted by Gasteiger charge is -2.55. The Morgan fingerprint density at radius 3 is 2.21 bits per heavy atom. The Bertz CT molecular complexity index is 581. The van der Waals surface area contributed by atoms with Gasteiger partial charge in [0.05, 0.1) is 13.0 Å². The quantitative estimate of drug-likeness (QED) is 0.716. The standard InChI is InChI=1S/C21H26O3/c1-2-15-3-5-19(6-4-15)23-8-7-20(22)24-21-12-16-9-17(13-21)11-18(10-16)14-21/h2-6,16-18H,1,7-14H2. The summed E-state index contributed by atoms with van der Waals surface area (Å²) in [6.45, 7) is 4.11. The molecule has 0 amide bonds. The largest absolute Gasteiger partial charge is 0.493 e. The molecule has 0 spiro atoms. The molecule has 24 heavy (non-hydrogen) atoms. The van der Waals surface area contributed by atoms with Gasteiger partial charge in [-0.25, -0.2) is 0 Å². The summed E-state index contributed by atoms with van der Waals surface area (Å²) in [5.41, 5.74) is 0.917. The summed E-state index contributed by atoms with van der Waals surface area (Å²) in [6, 6.07) is 7.72. The molecule has 0 saturated heterocycles. The second kappa shape index (κ2) is 6.27. The predicted molar refractivity (Wildman–Crippen MR) is 93.6 cm³/mol. The maximum Gasteiger partial charge on any atom is 0.309 e. The van der Waals surface area contributed by atoms with Crippen molar-refractivity contribution in [3.8, 4) is 5.75 Å². The van der Waals surface area contributed by atoms with Crippen LogP contribution in [0.4, 0.5) is 0 Å². The minimum absolute atomic E-state index is 0.0975. The van der Waals surface area contributed by atoms with Crippen LogP contribution in [0.5, 0.6) is 5.75 Å². The Balaban J connectivity index is 1.27. The Labute approximate surface area is 144 Å². The number of carbonyl (C=O) groups is 1. The Hall–Kier alpha value is -1.77. The SMILES string of the molecule is C=Cc1ccc(OCCC(=O)OC23CC4CC(CC(C4)C2)C3)cc1. The first-order chi connectivity index (χ1) is 11.6. The van der Waals surface area contributed by atoms with Crippen molar-refractivity contribution in [2.75, 3.05) is 6.61 Å². The molecule has 4 bridgehead atoms. The molecular weight excluding hydrogens is 300 g/mol. The highest BCUT2D eigenvalue weighted by atomic mass is 16.6. The maximum absolute atomic E-state index is 12.3. The van der Waals surface area contributed by atoms with Crippen LogP contribution >= 0.6 is 0 Å². The van der Waals surface area contributed by atoms with E-state index >= 15 is 0 Å². The van der Waals surface area contributed by atoms with Crippen LogP contribution in [0.2, 0.25) is 0 Å². The van der Waals surface area contributed by atoms with Gasteiger partial charge < -0.3 is 9.47 Å². The van der Waals surface area contributed by atoms with Crippen LogP contribution in [-0.4, -0.2) is 18.2 Å². The molecule has 0 aliphatic heterocycles. The van der Waals surface area contributed by atoms with Crippen molar-refractivity contribution in [1.29, 1.82) is 0 Å². The zero-order valence-corrected chi connectivity index (χ0v) is 14.2. The van der Waals surface area contributed by atoms with Crippen molar-refractivity contribution in [3.63, 3.8) is 0 Å². The molecule has 4 saturated carbocycles. The first kappa shape index (κ1) is 15.7. The third-order valence-electron chi connectivity index (χ3n) is 6.00. The van der Waals surface area contributed by atoms with Crippen LogP contribution in [0.25, 0.3) is 6.08 Å². The lowest BCUT2D eigenvalue weighted by atomic mass is 9.54. The molecule has 4 fully saturated rings. The number of rotatable bonds is 6. The van der Waals surface area contributed by atoms with E-state index in [1.54, 1.807) is 6.08 Å². The molecule has 128 valence electrons. The second-order valence-corrected chi connectivity index (χ2v) is 7.95. The minimum Gasteiger partial charge on any atom is -0.493 e. The number of hydrogen-bond acceptors (Lipinski definition) is 3. The van der Waals surface area contributed by atoms with Gasteiger partial charge in [-0.15, -0.1) is 0 Å². The Kier molecular flexibility index (Phi) is 4.11. The van der Waals surface area contributed by atoms with Gasteiger partial charge in [-0.2, -0.15) is 0 Å². The normalized spacial score (nSPS) is 33.2. The smallest absolute Gasteiger partial charge is 0.309 e. The van der Waals surface area contributed by atoms with Gasteiger partial charge in [0.25, 0.3) is 0 Å². The van der Waals surface area contributed by atoms with Gasteiger partial charge >= 0.3 is 5.97 Å². The van der Waals surface area contributed by atoms with E-state index in [2.05, 4.69) is 6.58 Å². The van der Waals surface area contributed by atoms with Gasteiger partial charge in [0.2, 0.25) is 0 Å². The van der Waals surface area contributed by atoms with Crippen molar-refractivity contribution >= 4 is 12.0 Å². The first-order valence-electron chi connectivity index (χ1n) is 9.21. The molecule has 1 aromatic rings. The number of benzene rings is 1. The highest BCUT2D eigenvalue weighted by Crippen LogP contribution is 2.57. The van der Waals surface area contributed by atoms with Crippen LogP contribution in [0.15, 0.2) is 30.8 Å². The highest BCUT2D eigenvalue weighted by molar-refractivity contribution is 5.70. The van der Waals surface area contributed by atoms with Crippen LogP contribution in [0, 0.1) is 17.8 Å². The fourth-order valence-electron chi connectivity index (χ4n) is 5.40. The zero-order chi connectivity index (χ0) is 16.6. The average Bonchev–Trinajstić information content (AvgIpc) is 2.53. The van der Waals surface area contributed by atoms with Crippen molar-refractivity contribution in [1.82, 2.24) is 0 Å². The van der Waals surface area contributed by atoms with Crippen LogP contribution < -0.4 is 4.74 Å². The molecule has 1 aromatic carbocycles. The van der Waals surface area contributed by atoms with Crippen molar-refractivity contribution < 1.29 is 14.3 Å². The van der Waals surface area contributed by atoms with E-state index in [1.807, 2.05) is 24.3 Å². The van der Waals surface area contributed by atoms with E-state index in [-0.39, 0.29) is 11.6 Å². The van der Waals surface area contributed by atoms with E-state index in [9.17, 15) is 4.79 Å². The Morgan fingerprint density at radius 2 is 1.67 bits per heavy atom. The summed E-state index contributed by atoms with van der Waals surface area (Å²) in [6.07, 6.45) is 9.48. The molecule has 4 aliphatic carbocycles. The van der Waals surface area contributed by atoms with E-state index in [1.165, 1.54) is 19.3 Å². The fraction of sp³-hybridized carbons (Fsp3) is 0.571. The zero-order valence-electron chi connectivity index (χ0n) is 14.2. The van der Waals surface area contributed by atoms with E-state index in [4.69, 9.17) is 9.47 Å². The van der Waals surface area contributed by atoms with E-state index < -0.39 is 0 Å². The minimum atomic E-state index is -0.141. The summed E-state index contributed by atoms with van der Waals surface area (Å²) in [4.78, 5) is 12.3. The average molecular weight is 326 g/mol. The molecule has 3 nitrogen and oxygen atoms in total. The van der Waals surface area contributed by atoms with Crippen LogP contribution in [0.3, 0.4) is 0 Å². The topological polar surface area (TPSA) is 35.5 Å². The number of ether oxygens (including phenoxy) is 2. The van der Waals surface area contributed by atoms with Crippen molar-refractivity contribution in [2.45, 2.75) is 50.5 Å². The van der Waals surface area contributed by atoms with Crippen LogP contribution in [0.1, 0.15) is 50.5 Å². The summed E-state index contributed by atoms with van der Waals surface area (Å²) in [7, 11) is 0. The lowest BCUT2D eigenvalue weighted by Crippen LogP contribution is -2.52. The predicted octanol–water partition coefficient (Wildman–Crippen LogP) is 4.61. The second-order valence-electron chi connectivity index (χ2n) is 7.95. The van der Waals surface area contributed by atoms with E-state index in [0.29, 0.717) is 13.0 Å². The number of hydrogen-bond donors (Lipinski definition) is 0. The van der Waals surface area contributed by atoms with Gasteiger partial charge in [0.1, 0.15) is 11.4 Å². The van der Waals surface area contributed by atoms with Gasteiger partial charge in [0, 0.05) is 0 Å². The molecule has 0 radical (unpaired) electrons. The van der Waals surface area contributed by atoms with Gasteiger partial charge in [0.15, 0.2) is 0 Å². The molecule has 0 N–H and O–H groups in total. The number of carbonyl (C=O) groups excluding carboxylic acids is 1. The highest BCUT2D eigenvalue weighted by Gasteiger charge is 2.53.